The first-order chi connectivity index (χ1) is 14.4. The molecule has 3 fully saturated rings. The molecule has 1 spiro atoms. The number of likely N-dealkylation sites (tertiary alicyclic amines) is 1. The molecule has 1 aliphatic carbocycles. The van der Waals surface area contributed by atoms with Crippen LogP contribution in [0.15, 0.2) is 6.07 Å². The Hall–Kier alpha value is -1.76. The third-order valence-electron chi connectivity index (χ3n) is 7.35. The van der Waals surface area contributed by atoms with Gasteiger partial charge in [-0.25, -0.2) is 4.79 Å². The lowest BCUT2D eigenvalue weighted by molar-refractivity contribution is -0.0930. The number of hydrogen-bond donors (Lipinski definition) is 1. The fraction of sp³-hybridized carbons (Fsp3) is 0.833. The van der Waals surface area contributed by atoms with Crippen LogP contribution >= 0.6 is 0 Å². The van der Waals surface area contributed by atoms with Crippen molar-refractivity contribution in [3.8, 4) is 0 Å². The predicted octanol–water partition coefficient (Wildman–Crippen LogP) is 3.98. The molecule has 0 radical (unpaired) electrons. The Morgan fingerprint density at radius 2 is 1.94 bits per heavy atom. The zero-order valence-corrected chi connectivity index (χ0v) is 20.5. The third-order valence-corrected chi connectivity index (χ3v) is 7.35. The van der Waals surface area contributed by atoms with Crippen LogP contribution in [0, 0.1) is 18.3 Å². The van der Waals surface area contributed by atoms with Gasteiger partial charge in [0.15, 0.2) is 5.82 Å². The Labute approximate surface area is 187 Å². The van der Waals surface area contributed by atoms with Crippen molar-refractivity contribution < 1.29 is 9.53 Å². The van der Waals surface area contributed by atoms with Crippen molar-refractivity contribution in [3.63, 3.8) is 0 Å². The second-order valence-electron chi connectivity index (χ2n) is 11.9. The maximum absolute atomic E-state index is 12.3. The van der Waals surface area contributed by atoms with Crippen molar-refractivity contribution in [2.24, 2.45) is 11.3 Å². The molecule has 2 saturated heterocycles. The molecule has 0 aromatic carbocycles. The molecular formula is C24H41N5O2. The van der Waals surface area contributed by atoms with E-state index in [-0.39, 0.29) is 17.0 Å². The summed E-state index contributed by atoms with van der Waals surface area (Å²) in [5, 5.41) is 8.41. The van der Waals surface area contributed by atoms with Gasteiger partial charge in [0.05, 0.1) is 6.04 Å². The molecule has 2 aliphatic heterocycles. The van der Waals surface area contributed by atoms with E-state index < -0.39 is 5.60 Å². The molecular weight excluding hydrogens is 390 g/mol. The first-order valence-electron chi connectivity index (χ1n) is 11.9. The van der Waals surface area contributed by atoms with Gasteiger partial charge in [-0.15, -0.1) is 0 Å². The standard InChI is InChI=1S/C24H41N5O2/c1-17-10-20(28-9-8-18(14-25-7)11-23(28,5)6)26-29(17)19-12-24(13-19)15-27(16-24)21(30)31-22(2,3)4/h10,18-19,25H,8-9,11-16H2,1-7H3/t18-/m1/s1. The van der Waals surface area contributed by atoms with E-state index in [9.17, 15) is 4.79 Å². The van der Waals surface area contributed by atoms with Gasteiger partial charge in [-0.1, -0.05) is 0 Å². The summed E-state index contributed by atoms with van der Waals surface area (Å²) in [5.41, 5.74) is 1.20. The summed E-state index contributed by atoms with van der Waals surface area (Å²) >= 11 is 0. The van der Waals surface area contributed by atoms with Gasteiger partial charge in [0.2, 0.25) is 0 Å². The molecule has 7 heteroatoms. The first-order valence-corrected chi connectivity index (χ1v) is 11.9. The number of anilines is 1. The molecule has 1 aromatic rings. The maximum Gasteiger partial charge on any atom is 0.410 e. The van der Waals surface area contributed by atoms with E-state index in [1.165, 1.54) is 18.5 Å². The smallest absolute Gasteiger partial charge is 0.410 e. The summed E-state index contributed by atoms with van der Waals surface area (Å²) in [7, 11) is 2.05. The number of nitrogens with zero attached hydrogens (tertiary/aromatic N) is 4. The van der Waals surface area contributed by atoms with Crippen molar-refractivity contribution in [1.82, 2.24) is 20.0 Å². The number of carbonyl (C=O) groups is 1. The molecule has 174 valence electrons. The number of aryl methyl sites for hydroxylation is 1. The van der Waals surface area contributed by atoms with Gasteiger partial charge in [0, 0.05) is 42.3 Å². The summed E-state index contributed by atoms with van der Waals surface area (Å²) in [6.07, 6.45) is 4.42. The number of ether oxygens (including phenoxy) is 1. The Bertz CT molecular complexity index is 810. The van der Waals surface area contributed by atoms with E-state index in [1.807, 2.05) is 32.7 Å². The van der Waals surface area contributed by atoms with Gasteiger partial charge >= 0.3 is 6.09 Å². The lowest BCUT2D eigenvalue weighted by Gasteiger charge is -2.58. The number of hydrogen-bond acceptors (Lipinski definition) is 5. The summed E-state index contributed by atoms with van der Waals surface area (Å²) < 4.78 is 7.75. The molecule has 0 bridgehead atoms. The lowest BCUT2D eigenvalue weighted by Crippen LogP contribution is -2.64. The van der Waals surface area contributed by atoms with Crippen molar-refractivity contribution in [3.05, 3.63) is 11.8 Å². The minimum absolute atomic E-state index is 0.119. The molecule has 4 rings (SSSR count). The van der Waals surface area contributed by atoms with Crippen LogP contribution in [-0.2, 0) is 4.74 Å². The fourth-order valence-corrected chi connectivity index (χ4v) is 5.98. The van der Waals surface area contributed by atoms with Gasteiger partial charge in [-0.3, -0.25) is 4.68 Å². The van der Waals surface area contributed by atoms with Crippen LogP contribution in [0.4, 0.5) is 10.6 Å². The molecule has 31 heavy (non-hydrogen) atoms. The Morgan fingerprint density at radius 1 is 1.26 bits per heavy atom. The summed E-state index contributed by atoms with van der Waals surface area (Å²) in [6, 6.07) is 2.71. The highest BCUT2D eigenvalue weighted by Crippen LogP contribution is 2.54. The van der Waals surface area contributed by atoms with Crippen molar-refractivity contribution in [2.45, 2.75) is 84.4 Å². The highest BCUT2D eigenvalue weighted by Gasteiger charge is 2.55. The van der Waals surface area contributed by atoms with Crippen LogP contribution in [0.1, 0.15) is 72.0 Å². The monoisotopic (exact) mass is 431 g/mol. The van der Waals surface area contributed by atoms with E-state index in [1.54, 1.807) is 0 Å². The molecule has 1 aromatic heterocycles. The quantitative estimate of drug-likeness (QED) is 0.781. The fourth-order valence-electron chi connectivity index (χ4n) is 5.98. The summed E-state index contributed by atoms with van der Waals surface area (Å²) in [5.74, 6) is 1.85. The maximum atomic E-state index is 12.3. The number of nitrogens with one attached hydrogen (secondary N) is 1. The van der Waals surface area contributed by atoms with Crippen LogP contribution in [0.3, 0.4) is 0 Å². The van der Waals surface area contributed by atoms with Gasteiger partial charge in [-0.2, -0.15) is 5.10 Å². The highest BCUT2D eigenvalue weighted by molar-refractivity contribution is 5.69. The second-order valence-corrected chi connectivity index (χ2v) is 11.9. The Morgan fingerprint density at radius 3 is 2.52 bits per heavy atom. The van der Waals surface area contributed by atoms with Crippen LogP contribution in [0.25, 0.3) is 0 Å². The molecule has 3 aliphatic rings. The zero-order chi connectivity index (χ0) is 22.6. The largest absolute Gasteiger partial charge is 0.444 e. The SMILES string of the molecule is CNC[C@@H]1CCN(c2cc(C)n(C3CC4(C3)CN(C(=O)OC(C)(C)C)C4)n2)C(C)(C)C1. The molecule has 0 unspecified atom stereocenters. The second kappa shape index (κ2) is 7.68. The molecule has 1 amide bonds. The number of aromatic nitrogens is 2. The van der Waals surface area contributed by atoms with Crippen molar-refractivity contribution in [2.75, 3.05) is 38.1 Å². The number of carbonyl (C=O) groups excluding carboxylic acids is 1. The van der Waals surface area contributed by atoms with Crippen LogP contribution < -0.4 is 10.2 Å². The molecule has 7 nitrogen and oxygen atoms in total. The number of piperidine rings is 1. The summed E-state index contributed by atoms with van der Waals surface area (Å²) in [4.78, 5) is 16.6. The van der Waals surface area contributed by atoms with Crippen LogP contribution in [0.5, 0.6) is 0 Å². The average molecular weight is 432 g/mol. The Kier molecular flexibility index (Phi) is 5.56. The van der Waals surface area contributed by atoms with Crippen LogP contribution in [-0.4, -0.2) is 65.1 Å². The topological polar surface area (TPSA) is 62.6 Å². The lowest BCUT2D eigenvalue weighted by atomic mass is 9.61. The minimum atomic E-state index is -0.431. The van der Waals surface area contributed by atoms with Gasteiger partial charge < -0.3 is 19.9 Å². The van der Waals surface area contributed by atoms with E-state index in [0.717, 1.165) is 50.8 Å². The predicted molar refractivity (Wildman–Crippen MR) is 124 cm³/mol. The van der Waals surface area contributed by atoms with E-state index in [2.05, 4.69) is 41.7 Å². The zero-order valence-electron chi connectivity index (χ0n) is 20.5. The van der Waals surface area contributed by atoms with Crippen molar-refractivity contribution in [1.29, 1.82) is 0 Å². The average Bonchev–Trinajstić information content (AvgIpc) is 2.91. The summed E-state index contributed by atoms with van der Waals surface area (Å²) in [6.45, 7) is 16.4. The Balaban J connectivity index is 1.35. The third kappa shape index (κ3) is 4.43. The van der Waals surface area contributed by atoms with Crippen molar-refractivity contribution >= 4 is 11.9 Å². The molecule has 1 saturated carbocycles. The molecule has 3 heterocycles. The van der Waals surface area contributed by atoms with Gasteiger partial charge in [-0.05, 0) is 86.7 Å². The van der Waals surface area contributed by atoms with E-state index >= 15 is 0 Å². The van der Waals surface area contributed by atoms with Crippen LogP contribution in [0.2, 0.25) is 0 Å². The van der Waals surface area contributed by atoms with E-state index in [0.29, 0.717) is 6.04 Å². The van der Waals surface area contributed by atoms with Gasteiger partial charge in [0.25, 0.3) is 0 Å². The molecule has 1 atom stereocenters. The minimum Gasteiger partial charge on any atom is -0.444 e. The molecule has 1 N–H and O–H groups in total. The van der Waals surface area contributed by atoms with Gasteiger partial charge in [0.1, 0.15) is 5.60 Å². The normalized spacial score (nSPS) is 25.3. The number of rotatable bonds is 4. The number of amides is 1. The first kappa shape index (κ1) is 22.4. The highest BCUT2D eigenvalue weighted by atomic mass is 16.6. The van der Waals surface area contributed by atoms with E-state index in [4.69, 9.17) is 9.84 Å².